The summed E-state index contributed by atoms with van der Waals surface area (Å²) in [6.45, 7) is 9.84. The van der Waals surface area contributed by atoms with Gasteiger partial charge in [-0.1, -0.05) is 0 Å². The van der Waals surface area contributed by atoms with Crippen LogP contribution in [0.3, 0.4) is 0 Å². The van der Waals surface area contributed by atoms with Gasteiger partial charge in [0.2, 0.25) is 0 Å². The summed E-state index contributed by atoms with van der Waals surface area (Å²) in [5, 5.41) is 2.96. The molecule has 0 saturated carbocycles. The average Bonchev–Trinajstić information content (AvgIpc) is 2.97. The summed E-state index contributed by atoms with van der Waals surface area (Å²) in [5.74, 6) is 0.365. The van der Waals surface area contributed by atoms with Crippen LogP contribution in [0.25, 0.3) is 0 Å². The molecule has 0 spiro atoms. The average molecular weight is 326 g/mol. The number of thiazole rings is 1. The van der Waals surface area contributed by atoms with E-state index in [1.165, 1.54) is 0 Å². The predicted octanol–water partition coefficient (Wildman–Crippen LogP) is 3.87. The van der Waals surface area contributed by atoms with Gasteiger partial charge in [0.1, 0.15) is 16.7 Å². The molecule has 22 heavy (non-hydrogen) atoms. The van der Waals surface area contributed by atoms with Crippen molar-refractivity contribution < 1.29 is 14.3 Å². The Morgan fingerprint density at radius 3 is 2.95 bits per heavy atom. The minimum Gasteiger partial charge on any atom is -0.444 e. The summed E-state index contributed by atoms with van der Waals surface area (Å²) >= 11 is 1.61. The summed E-state index contributed by atoms with van der Waals surface area (Å²) in [6.07, 6.45) is 3.68. The zero-order valence-corrected chi connectivity index (χ0v) is 14.7. The number of hydrogen-bond acceptors (Lipinski definition) is 5. The predicted molar refractivity (Wildman–Crippen MR) is 87.0 cm³/mol. The summed E-state index contributed by atoms with van der Waals surface area (Å²) in [5.41, 5.74) is -0.445. The Labute approximate surface area is 136 Å². The lowest BCUT2D eigenvalue weighted by Crippen LogP contribution is -2.43. The van der Waals surface area contributed by atoms with Gasteiger partial charge < -0.3 is 14.4 Å². The van der Waals surface area contributed by atoms with Crippen molar-refractivity contribution in [3.8, 4) is 0 Å². The van der Waals surface area contributed by atoms with E-state index in [4.69, 9.17) is 9.47 Å². The molecular weight excluding hydrogens is 300 g/mol. The maximum Gasteiger partial charge on any atom is 0.410 e. The first kappa shape index (κ1) is 17.2. The van der Waals surface area contributed by atoms with Crippen LogP contribution in [0.2, 0.25) is 0 Å². The number of hydrogen-bond donors (Lipinski definition) is 0. The normalized spacial score (nSPS) is 20.7. The van der Waals surface area contributed by atoms with Crippen LogP contribution in [0.4, 0.5) is 4.79 Å². The molecule has 0 radical (unpaired) electrons. The Morgan fingerprint density at radius 1 is 1.55 bits per heavy atom. The number of carbonyl (C=O) groups excluding carboxylic acids is 1. The van der Waals surface area contributed by atoms with Crippen LogP contribution in [0.1, 0.15) is 51.6 Å². The Hall–Kier alpha value is -1.14. The summed E-state index contributed by atoms with van der Waals surface area (Å²) in [4.78, 5) is 18.2. The Morgan fingerprint density at radius 2 is 2.32 bits per heavy atom. The van der Waals surface area contributed by atoms with Gasteiger partial charge in [0.25, 0.3) is 0 Å². The minimum atomic E-state index is -0.445. The van der Waals surface area contributed by atoms with Gasteiger partial charge in [-0.15, -0.1) is 11.3 Å². The lowest BCUT2D eigenvalue weighted by molar-refractivity contribution is -0.00385. The molecule has 2 atom stereocenters. The summed E-state index contributed by atoms with van der Waals surface area (Å²) < 4.78 is 11.4. The van der Waals surface area contributed by atoms with E-state index in [9.17, 15) is 4.79 Å². The number of carbonyl (C=O) groups is 1. The van der Waals surface area contributed by atoms with Crippen LogP contribution in [-0.4, -0.2) is 41.3 Å². The third-order valence-corrected chi connectivity index (χ3v) is 4.49. The molecule has 2 rings (SSSR count). The fourth-order valence-electron chi connectivity index (χ4n) is 2.48. The van der Waals surface area contributed by atoms with Crippen molar-refractivity contribution in [2.45, 2.75) is 52.2 Å². The molecule has 1 aliphatic heterocycles. The number of piperidine rings is 1. The molecule has 6 heteroatoms. The lowest BCUT2D eigenvalue weighted by atomic mass is 9.99. The van der Waals surface area contributed by atoms with E-state index in [1.54, 1.807) is 22.4 Å². The zero-order valence-electron chi connectivity index (χ0n) is 13.9. The van der Waals surface area contributed by atoms with E-state index in [0.29, 0.717) is 19.1 Å². The van der Waals surface area contributed by atoms with Crippen LogP contribution >= 0.6 is 11.3 Å². The molecule has 0 unspecified atom stereocenters. The Balaban J connectivity index is 1.79. The van der Waals surface area contributed by atoms with Crippen LogP contribution in [-0.2, 0) is 9.47 Å². The van der Waals surface area contributed by atoms with Gasteiger partial charge in [-0.2, -0.15) is 0 Å². The first-order valence-corrected chi connectivity index (χ1v) is 8.72. The molecule has 1 aromatic heterocycles. The van der Waals surface area contributed by atoms with Gasteiger partial charge in [0.15, 0.2) is 0 Å². The van der Waals surface area contributed by atoms with E-state index in [0.717, 1.165) is 24.4 Å². The molecule has 5 nitrogen and oxygen atoms in total. The zero-order chi connectivity index (χ0) is 16.2. The quantitative estimate of drug-likeness (QED) is 0.843. The molecule has 1 aromatic rings. The second-order valence-corrected chi connectivity index (χ2v) is 7.71. The van der Waals surface area contributed by atoms with Crippen molar-refractivity contribution in [2.75, 3.05) is 19.7 Å². The van der Waals surface area contributed by atoms with Gasteiger partial charge >= 0.3 is 6.09 Å². The fourth-order valence-corrected chi connectivity index (χ4v) is 3.12. The van der Waals surface area contributed by atoms with Gasteiger partial charge in [-0.3, -0.25) is 0 Å². The summed E-state index contributed by atoms with van der Waals surface area (Å²) in [6, 6.07) is 0. The number of likely N-dealkylation sites (tertiary alicyclic amines) is 1. The number of amides is 1. The number of rotatable bonds is 4. The molecule has 1 amide bonds. The molecule has 1 saturated heterocycles. The van der Waals surface area contributed by atoms with Crippen molar-refractivity contribution in [1.82, 2.24) is 9.88 Å². The van der Waals surface area contributed by atoms with Gasteiger partial charge in [-0.25, -0.2) is 9.78 Å². The number of ether oxygens (including phenoxy) is 2. The van der Waals surface area contributed by atoms with Crippen LogP contribution in [0, 0.1) is 5.92 Å². The smallest absolute Gasteiger partial charge is 0.410 e. The molecule has 0 aromatic carbocycles. The SMILES string of the molecule is C[C@@H](OC[C@@H]1CCCN(C(=O)OC(C)(C)C)C1)c1nccs1. The first-order valence-electron chi connectivity index (χ1n) is 7.84. The highest BCUT2D eigenvalue weighted by atomic mass is 32.1. The highest BCUT2D eigenvalue weighted by Gasteiger charge is 2.28. The third-order valence-electron chi connectivity index (χ3n) is 3.55. The summed E-state index contributed by atoms with van der Waals surface area (Å²) in [7, 11) is 0. The highest BCUT2D eigenvalue weighted by Crippen LogP contribution is 2.23. The monoisotopic (exact) mass is 326 g/mol. The molecular formula is C16H26N2O3S. The van der Waals surface area contributed by atoms with Crippen LogP contribution in [0.15, 0.2) is 11.6 Å². The van der Waals surface area contributed by atoms with Crippen molar-refractivity contribution in [1.29, 1.82) is 0 Å². The molecule has 1 aliphatic rings. The molecule has 1 fully saturated rings. The number of aromatic nitrogens is 1. The third kappa shape index (κ3) is 5.25. The molecule has 2 heterocycles. The molecule has 0 aliphatic carbocycles. The van der Waals surface area contributed by atoms with Crippen molar-refractivity contribution in [2.24, 2.45) is 5.92 Å². The second-order valence-electron chi connectivity index (χ2n) is 6.78. The number of nitrogens with zero attached hydrogens (tertiary/aromatic N) is 2. The van der Waals surface area contributed by atoms with E-state index in [2.05, 4.69) is 4.98 Å². The van der Waals surface area contributed by atoms with Crippen molar-refractivity contribution in [3.63, 3.8) is 0 Å². The van der Waals surface area contributed by atoms with Gasteiger partial charge in [0.05, 0.1) is 6.61 Å². The van der Waals surface area contributed by atoms with Crippen molar-refractivity contribution in [3.05, 3.63) is 16.6 Å². The van der Waals surface area contributed by atoms with Crippen molar-refractivity contribution >= 4 is 17.4 Å². The maximum absolute atomic E-state index is 12.1. The van der Waals surface area contributed by atoms with Gasteiger partial charge in [-0.05, 0) is 40.5 Å². The Bertz CT molecular complexity index is 470. The molecule has 124 valence electrons. The van der Waals surface area contributed by atoms with E-state index < -0.39 is 5.60 Å². The minimum absolute atomic E-state index is 0.0110. The maximum atomic E-state index is 12.1. The fraction of sp³-hybridized carbons (Fsp3) is 0.750. The molecule has 0 bridgehead atoms. The highest BCUT2D eigenvalue weighted by molar-refractivity contribution is 7.09. The van der Waals surface area contributed by atoms with Gasteiger partial charge in [0, 0.05) is 30.6 Å². The first-order chi connectivity index (χ1) is 10.3. The van der Waals surface area contributed by atoms with Crippen LogP contribution in [0.5, 0.6) is 0 Å². The standard InChI is InChI=1S/C16H26N2O3S/c1-12(14-17-7-9-22-14)20-11-13-6-5-8-18(10-13)15(19)21-16(2,3)4/h7,9,12-13H,5-6,8,10-11H2,1-4H3/t12-,13-/m1/s1. The Kier molecular flexibility index (Phi) is 5.81. The van der Waals surface area contributed by atoms with E-state index >= 15 is 0 Å². The molecule has 0 N–H and O–H groups in total. The second kappa shape index (κ2) is 7.42. The largest absolute Gasteiger partial charge is 0.444 e. The topological polar surface area (TPSA) is 51.7 Å². The van der Waals surface area contributed by atoms with E-state index in [1.807, 2.05) is 33.1 Å². The van der Waals surface area contributed by atoms with E-state index in [-0.39, 0.29) is 12.2 Å². The van der Waals surface area contributed by atoms with Crippen LogP contribution < -0.4 is 0 Å². The lowest BCUT2D eigenvalue weighted by Gasteiger charge is -2.34.